The van der Waals surface area contributed by atoms with Crippen molar-refractivity contribution in [3.63, 3.8) is 0 Å². The van der Waals surface area contributed by atoms with E-state index in [0.717, 1.165) is 36.1 Å². The molecular weight excluding hydrogens is 399 g/mol. The van der Waals surface area contributed by atoms with Gasteiger partial charge in [0.05, 0.1) is 16.9 Å². The number of hydrogen-bond donors (Lipinski definition) is 2. The molecule has 1 amide bonds. The number of para-hydroxylation sites is 1. The monoisotopic (exact) mass is 422 g/mol. The highest BCUT2D eigenvalue weighted by atomic mass is 35.5. The minimum atomic E-state index is -0.173. The number of carbonyl (C=O) groups excluding carboxylic acids is 1. The van der Waals surface area contributed by atoms with Crippen molar-refractivity contribution in [2.24, 2.45) is 5.92 Å². The van der Waals surface area contributed by atoms with Crippen LogP contribution in [0.4, 0.5) is 0 Å². The van der Waals surface area contributed by atoms with Crippen LogP contribution in [0.1, 0.15) is 29.0 Å². The van der Waals surface area contributed by atoms with E-state index in [1.54, 1.807) is 10.9 Å². The molecule has 7 nitrogen and oxygen atoms in total. The summed E-state index contributed by atoms with van der Waals surface area (Å²) >= 11 is 0. The molecule has 0 radical (unpaired) electrons. The Kier molecular flexibility index (Phi) is 7.74. The zero-order valence-corrected chi connectivity index (χ0v) is 17.2. The van der Waals surface area contributed by atoms with Crippen molar-refractivity contribution < 1.29 is 4.79 Å². The van der Waals surface area contributed by atoms with Gasteiger partial charge < -0.3 is 10.6 Å². The summed E-state index contributed by atoms with van der Waals surface area (Å²) in [6.45, 7) is 4.63. The fourth-order valence-corrected chi connectivity index (χ4v) is 3.46. The molecule has 1 fully saturated rings. The van der Waals surface area contributed by atoms with Crippen molar-refractivity contribution in [3.8, 4) is 5.69 Å². The fourth-order valence-electron chi connectivity index (χ4n) is 3.46. The van der Waals surface area contributed by atoms with Gasteiger partial charge in [-0.3, -0.25) is 9.78 Å². The summed E-state index contributed by atoms with van der Waals surface area (Å²) in [5.41, 5.74) is 2.73. The van der Waals surface area contributed by atoms with Gasteiger partial charge in [-0.2, -0.15) is 0 Å². The van der Waals surface area contributed by atoms with E-state index in [0.29, 0.717) is 23.9 Å². The van der Waals surface area contributed by atoms with Crippen LogP contribution in [0.5, 0.6) is 0 Å². The molecule has 150 valence electrons. The van der Waals surface area contributed by atoms with Crippen molar-refractivity contribution in [1.82, 2.24) is 30.6 Å². The normalized spacial score (nSPS) is 15.7. The Morgan fingerprint density at radius 3 is 2.89 bits per heavy atom. The smallest absolute Gasteiger partial charge is 0.273 e. The van der Waals surface area contributed by atoms with Crippen molar-refractivity contribution in [2.45, 2.75) is 19.8 Å². The number of amides is 1. The number of pyridine rings is 1. The minimum Gasteiger partial charge on any atom is -0.351 e. The molecule has 2 aromatic heterocycles. The number of hydrogen-bond acceptors (Lipinski definition) is 5. The predicted molar refractivity (Wildman–Crippen MR) is 114 cm³/mol. The van der Waals surface area contributed by atoms with Gasteiger partial charge in [-0.15, -0.1) is 29.9 Å². The number of halogens is 2. The van der Waals surface area contributed by atoms with Gasteiger partial charge in [0.2, 0.25) is 0 Å². The summed E-state index contributed by atoms with van der Waals surface area (Å²) in [5.74, 6) is 0.474. The molecule has 28 heavy (non-hydrogen) atoms. The van der Waals surface area contributed by atoms with Crippen molar-refractivity contribution in [3.05, 3.63) is 47.9 Å². The molecule has 0 spiro atoms. The summed E-state index contributed by atoms with van der Waals surface area (Å²) in [6, 6.07) is 9.80. The Balaban J connectivity index is 0.00000140. The van der Waals surface area contributed by atoms with E-state index < -0.39 is 0 Å². The maximum atomic E-state index is 12.5. The summed E-state index contributed by atoms with van der Waals surface area (Å²) in [6.07, 6.45) is 3.92. The first-order valence-electron chi connectivity index (χ1n) is 8.99. The number of carbonyl (C=O) groups is 1. The topological polar surface area (TPSA) is 84.7 Å². The fraction of sp³-hybridized carbons (Fsp3) is 0.368. The van der Waals surface area contributed by atoms with E-state index in [4.69, 9.17) is 0 Å². The number of nitrogens with one attached hydrogen (secondary N) is 2. The Labute approximate surface area is 176 Å². The molecule has 0 bridgehead atoms. The maximum Gasteiger partial charge on any atom is 0.273 e. The van der Waals surface area contributed by atoms with Crippen molar-refractivity contribution in [1.29, 1.82) is 0 Å². The number of rotatable bonds is 5. The van der Waals surface area contributed by atoms with Gasteiger partial charge in [0.25, 0.3) is 5.91 Å². The predicted octanol–water partition coefficient (Wildman–Crippen LogP) is 2.70. The molecule has 0 saturated carbocycles. The minimum absolute atomic E-state index is 0. The third-order valence-corrected chi connectivity index (χ3v) is 4.95. The van der Waals surface area contributed by atoms with Crippen LogP contribution in [0.25, 0.3) is 16.6 Å². The van der Waals surface area contributed by atoms with Crippen molar-refractivity contribution >= 4 is 41.6 Å². The van der Waals surface area contributed by atoms with Crippen LogP contribution in [0.2, 0.25) is 0 Å². The van der Waals surface area contributed by atoms with Crippen LogP contribution in [0.15, 0.2) is 36.5 Å². The van der Waals surface area contributed by atoms with Crippen LogP contribution in [0, 0.1) is 12.8 Å². The summed E-state index contributed by atoms with van der Waals surface area (Å²) in [7, 11) is 0. The first-order valence-corrected chi connectivity index (χ1v) is 8.99. The van der Waals surface area contributed by atoms with Crippen LogP contribution in [0.3, 0.4) is 0 Å². The molecule has 1 aromatic carbocycles. The third-order valence-electron chi connectivity index (χ3n) is 4.95. The zero-order valence-electron chi connectivity index (χ0n) is 15.6. The maximum absolute atomic E-state index is 12.5. The summed E-state index contributed by atoms with van der Waals surface area (Å²) < 4.78 is 1.69. The molecule has 1 atom stereocenters. The first-order chi connectivity index (χ1) is 12.7. The molecule has 1 unspecified atom stereocenters. The third kappa shape index (κ3) is 4.43. The number of nitrogens with zero attached hydrogens (tertiary/aromatic N) is 4. The highest BCUT2D eigenvalue weighted by Gasteiger charge is 2.19. The largest absolute Gasteiger partial charge is 0.351 e. The van der Waals surface area contributed by atoms with E-state index >= 15 is 0 Å². The quantitative estimate of drug-likeness (QED) is 0.659. The standard InChI is InChI=1S/C19H22N6O.2ClH/c1-13-17(19(26)22-11-8-14-7-10-20-12-14)23-24-25(13)16-6-2-4-15-5-3-9-21-18(15)16;;/h2-6,9,14,20H,7-8,10-12H2,1H3,(H,22,26);2*1H. The summed E-state index contributed by atoms with van der Waals surface area (Å²) in [5, 5.41) is 15.6. The highest BCUT2D eigenvalue weighted by molar-refractivity contribution is 5.93. The van der Waals surface area contributed by atoms with Gasteiger partial charge in [-0.05, 0) is 50.9 Å². The molecule has 3 aromatic rings. The molecule has 0 aliphatic carbocycles. The van der Waals surface area contributed by atoms with E-state index in [2.05, 4.69) is 25.9 Å². The number of benzene rings is 1. The van der Waals surface area contributed by atoms with E-state index in [-0.39, 0.29) is 30.7 Å². The lowest BCUT2D eigenvalue weighted by atomic mass is 10.1. The van der Waals surface area contributed by atoms with E-state index in [1.165, 1.54) is 6.42 Å². The zero-order chi connectivity index (χ0) is 17.9. The van der Waals surface area contributed by atoms with Crippen LogP contribution < -0.4 is 10.6 Å². The first kappa shape index (κ1) is 22.1. The van der Waals surface area contributed by atoms with Gasteiger partial charge in [-0.25, -0.2) is 4.68 Å². The molecule has 3 heterocycles. The molecule has 4 rings (SSSR count). The van der Waals surface area contributed by atoms with Gasteiger partial charge >= 0.3 is 0 Å². The second kappa shape index (κ2) is 9.82. The Morgan fingerprint density at radius 1 is 1.29 bits per heavy atom. The Bertz CT molecular complexity index is 934. The SMILES string of the molecule is Cc1c(C(=O)NCCC2CCNC2)nnn1-c1cccc2cccnc12.Cl.Cl. The number of aromatic nitrogens is 4. The van der Waals surface area contributed by atoms with Gasteiger partial charge in [0.1, 0.15) is 0 Å². The van der Waals surface area contributed by atoms with Gasteiger partial charge in [0.15, 0.2) is 5.69 Å². The Morgan fingerprint density at radius 2 is 2.11 bits per heavy atom. The average Bonchev–Trinajstić information content (AvgIpc) is 3.31. The molecular formula is C19H24Cl2N6O. The second-order valence-electron chi connectivity index (χ2n) is 6.69. The summed E-state index contributed by atoms with van der Waals surface area (Å²) in [4.78, 5) is 16.9. The molecule has 1 aliphatic heterocycles. The van der Waals surface area contributed by atoms with Crippen LogP contribution in [-0.2, 0) is 0 Å². The lowest BCUT2D eigenvalue weighted by Gasteiger charge is -2.09. The second-order valence-corrected chi connectivity index (χ2v) is 6.69. The molecule has 9 heteroatoms. The number of fused-ring (bicyclic) bond motifs is 1. The van der Waals surface area contributed by atoms with E-state index in [9.17, 15) is 4.79 Å². The lowest BCUT2D eigenvalue weighted by molar-refractivity contribution is 0.0946. The van der Waals surface area contributed by atoms with E-state index in [1.807, 2.05) is 37.3 Å². The van der Waals surface area contributed by atoms with Crippen molar-refractivity contribution in [2.75, 3.05) is 19.6 Å². The van der Waals surface area contributed by atoms with Crippen LogP contribution in [-0.4, -0.2) is 45.5 Å². The van der Waals surface area contributed by atoms with Gasteiger partial charge in [0, 0.05) is 18.1 Å². The molecule has 1 saturated heterocycles. The average molecular weight is 423 g/mol. The van der Waals surface area contributed by atoms with Crippen LogP contribution >= 0.6 is 24.8 Å². The van der Waals surface area contributed by atoms with Gasteiger partial charge in [-0.1, -0.05) is 23.4 Å². The molecule has 2 N–H and O–H groups in total. The lowest BCUT2D eigenvalue weighted by Crippen LogP contribution is -2.27. The molecule has 1 aliphatic rings. The highest BCUT2D eigenvalue weighted by Crippen LogP contribution is 2.21. The Hall–Kier alpha value is -2.22.